The molecule has 2 amide bonds. The third-order valence-corrected chi connectivity index (χ3v) is 3.68. The highest BCUT2D eigenvalue weighted by molar-refractivity contribution is 5.90. The van der Waals surface area contributed by atoms with E-state index >= 15 is 0 Å². The van der Waals surface area contributed by atoms with Crippen LogP contribution >= 0.6 is 0 Å². The molecular formula is C14H24N2O5. The van der Waals surface area contributed by atoms with Gasteiger partial charge in [-0.15, -0.1) is 0 Å². The van der Waals surface area contributed by atoms with Gasteiger partial charge < -0.3 is 20.1 Å². The zero-order valence-electron chi connectivity index (χ0n) is 13.2. The lowest BCUT2D eigenvalue weighted by Gasteiger charge is -2.29. The number of hydrogen-bond donors (Lipinski definition) is 2. The Hall–Kier alpha value is -1.79. The van der Waals surface area contributed by atoms with Crippen LogP contribution in [-0.4, -0.2) is 53.7 Å². The van der Waals surface area contributed by atoms with Crippen LogP contribution in [0.1, 0.15) is 34.1 Å². The number of amides is 2. The van der Waals surface area contributed by atoms with E-state index in [1.165, 1.54) is 12.0 Å². The zero-order valence-corrected chi connectivity index (χ0v) is 13.2. The first-order valence-electron chi connectivity index (χ1n) is 6.97. The van der Waals surface area contributed by atoms with Crippen molar-refractivity contribution in [2.24, 2.45) is 11.3 Å². The number of methoxy groups -OCH3 is 1. The Balaban J connectivity index is 2.96. The summed E-state index contributed by atoms with van der Waals surface area (Å²) >= 11 is 0. The van der Waals surface area contributed by atoms with E-state index in [0.29, 0.717) is 13.0 Å². The molecule has 0 radical (unpaired) electrons. The number of ether oxygens (including phenoxy) is 1. The molecule has 0 aromatic heterocycles. The van der Waals surface area contributed by atoms with Crippen LogP contribution in [0.3, 0.4) is 0 Å². The van der Waals surface area contributed by atoms with Gasteiger partial charge in [0.2, 0.25) is 5.91 Å². The van der Waals surface area contributed by atoms with Crippen molar-refractivity contribution in [1.29, 1.82) is 0 Å². The molecule has 0 aliphatic carbocycles. The van der Waals surface area contributed by atoms with Crippen LogP contribution in [0, 0.1) is 11.3 Å². The van der Waals surface area contributed by atoms with Crippen molar-refractivity contribution in [1.82, 2.24) is 10.2 Å². The number of carboxylic acid groups (broad SMARTS) is 1. The maximum Gasteiger partial charge on any atom is 0.407 e. The number of hydrogen-bond acceptors (Lipinski definition) is 4. The number of nitrogens with zero attached hydrogens (tertiary/aromatic N) is 1. The van der Waals surface area contributed by atoms with Gasteiger partial charge in [-0.1, -0.05) is 27.7 Å². The molecule has 0 saturated carbocycles. The molecule has 1 rings (SSSR count). The summed E-state index contributed by atoms with van der Waals surface area (Å²) in [5.41, 5.74) is -0.258. The first-order chi connectivity index (χ1) is 9.59. The van der Waals surface area contributed by atoms with Crippen LogP contribution in [-0.2, 0) is 14.3 Å². The number of carbonyl (C=O) groups is 3. The molecule has 0 bridgehead atoms. The van der Waals surface area contributed by atoms with Crippen molar-refractivity contribution in [2.45, 2.75) is 46.2 Å². The van der Waals surface area contributed by atoms with Crippen molar-refractivity contribution >= 4 is 18.0 Å². The average Bonchev–Trinajstić information content (AvgIpc) is 2.70. The van der Waals surface area contributed by atoms with Crippen molar-refractivity contribution in [3.63, 3.8) is 0 Å². The van der Waals surface area contributed by atoms with E-state index in [0.717, 1.165) is 0 Å². The SMILES string of the molecule is COC(=O)NC(C(=O)N1CC(C)(C)CC1C(=O)O)C(C)C. The Labute approximate surface area is 124 Å². The van der Waals surface area contributed by atoms with Crippen LogP contribution in [0.2, 0.25) is 0 Å². The molecule has 0 aromatic carbocycles. The predicted molar refractivity (Wildman–Crippen MR) is 75.7 cm³/mol. The minimum Gasteiger partial charge on any atom is -0.480 e. The Morgan fingerprint density at radius 2 is 1.90 bits per heavy atom. The number of rotatable bonds is 4. The summed E-state index contributed by atoms with van der Waals surface area (Å²) in [5.74, 6) is -1.57. The molecule has 1 aliphatic rings. The van der Waals surface area contributed by atoms with Crippen LogP contribution in [0.4, 0.5) is 4.79 Å². The minimum atomic E-state index is -1.02. The highest BCUT2D eigenvalue weighted by Gasteiger charge is 2.46. The maximum atomic E-state index is 12.6. The number of carboxylic acids is 1. The molecule has 7 nitrogen and oxygen atoms in total. The Morgan fingerprint density at radius 3 is 2.33 bits per heavy atom. The highest BCUT2D eigenvalue weighted by atomic mass is 16.5. The smallest absolute Gasteiger partial charge is 0.407 e. The van der Waals surface area contributed by atoms with Gasteiger partial charge in [-0.2, -0.15) is 0 Å². The van der Waals surface area contributed by atoms with Gasteiger partial charge in [0, 0.05) is 6.54 Å². The molecule has 0 spiro atoms. The largest absolute Gasteiger partial charge is 0.480 e. The zero-order chi connectivity index (χ0) is 16.4. The van der Waals surface area contributed by atoms with E-state index in [1.54, 1.807) is 13.8 Å². The molecule has 1 heterocycles. The molecule has 7 heteroatoms. The summed E-state index contributed by atoms with van der Waals surface area (Å²) in [6.07, 6.45) is -0.302. The van der Waals surface area contributed by atoms with Gasteiger partial charge >= 0.3 is 12.1 Å². The number of carbonyl (C=O) groups excluding carboxylic acids is 2. The standard InChI is InChI=1S/C14H24N2O5/c1-8(2)10(15-13(20)21-5)11(17)16-7-14(3,4)6-9(16)12(18)19/h8-10H,6-7H2,1-5H3,(H,15,20)(H,18,19). The number of nitrogens with one attached hydrogen (secondary N) is 1. The van der Waals surface area contributed by atoms with Gasteiger partial charge in [0.15, 0.2) is 0 Å². The van der Waals surface area contributed by atoms with Crippen LogP contribution in [0.15, 0.2) is 0 Å². The molecule has 1 aliphatic heterocycles. The fraction of sp³-hybridized carbons (Fsp3) is 0.786. The minimum absolute atomic E-state index is 0.172. The Kier molecular flexibility index (Phi) is 5.20. The lowest BCUT2D eigenvalue weighted by atomic mass is 9.91. The molecule has 2 unspecified atom stereocenters. The van der Waals surface area contributed by atoms with E-state index < -0.39 is 24.1 Å². The summed E-state index contributed by atoms with van der Waals surface area (Å²) < 4.78 is 4.52. The fourth-order valence-electron chi connectivity index (χ4n) is 2.60. The van der Waals surface area contributed by atoms with Gasteiger partial charge in [0.05, 0.1) is 7.11 Å². The van der Waals surface area contributed by atoms with Gasteiger partial charge in [0.1, 0.15) is 12.1 Å². The molecule has 1 fully saturated rings. The van der Waals surface area contributed by atoms with E-state index in [-0.39, 0.29) is 17.2 Å². The Morgan fingerprint density at radius 1 is 1.33 bits per heavy atom. The quantitative estimate of drug-likeness (QED) is 0.810. The topological polar surface area (TPSA) is 95.9 Å². The van der Waals surface area contributed by atoms with Crippen LogP contribution in [0.25, 0.3) is 0 Å². The Bertz CT molecular complexity index is 433. The van der Waals surface area contributed by atoms with E-state index in [9.17, 15) is 19.5 Å². The van der Waals surface area contributed by atoms with Gasteiger partial charge in [-0.25, -0.2) is 9.59 Å². The maximum absolute atomic E-state index is 12.6. The van der Waals surface area contributed by atoms with E-state index in [1.807, 2.05) is 13.8 Å². The molecular weight excluding hydrogens is 276 g/mol. The first-order valence-corrected chi connectivity index (χ1v) is 6.97. The second-order valence-corrected chi connectivity index (χ2v) is 6.55. The molecule has 0 aromatic rings. The second-order valence-electron chi connectivity index (χ2n) is 6.55. The van der Waals surface area contributed by atoms with Crippen molar-refractivity contribution < 1.29 is 24.2 Å². The number of alkyl carbamates (subject to hydrolysis) is 1. The van der Waals surface area contributed by atoms with E-state index in [2.05, 4.69) is 10.1 Å². The molecule has 2 N–H and O–H groups in total. The van der Waals surface area contributed by atoms with E-state index in [4.69, 9.17) is 0 Å². The van der Waals surface area contributed by atoms with Crippen LogP contribution < -0.4 is 5.32 Å². The summed E-state index contributed by atoms with van der Waals surface area (Å²) in [4.78, 5) is 36.7. The average molecular weight is 300 g/mol. The normalized spacial score (nSPS) is 22.0. The first kappa shape index (κ1) is 17.3. The van der Waals surface area contributed by atoms with Crippen molar-refractivity contribution in [3.8, 4) is 0 Å². The van der Waals surface area contributed by atoms with Crippen molar-refractivity contribution in [3.05, 3.63) is 0 Å². The van der Waals surface area contributed by atoms with Gasteiger partial charge in [0.25, 0.3) is 0 Å². The fourth-order valence-corrected chi connectivity index (χ4v) is 2.60. The lowest BCUT2D eigenvalue weighted by Crippen LogP contribution is -2.54. The third-order valence-electron chi connectivity index (χ3n) is 3.68. The summed E-state index contributed by atoms with van der Waals surface area (Å²) in [6, 6.07) is -1.65. The second kappa shape index (κ2) is 6.32. The summed E-state index contributed by atoms with van der Waals surface area (Å²) in [6.45, 7) is 7.78. The summed E-state index contributed by atoms with van der Waals surface area (Å²) in [5, 5.41) is 11.8. The molecule has 1 saturated heterocycles. The van der Waals surface area contributed by atoms with Gasteiger partial charge in [-0.3, -0.25) is 4.79 Å². The molecule has 21 heavy (non-hydrogen) atoms. The van der Waals surface area contributed by atoms with Crippen molar-refractivity contribution in [2.75, 3.05) is 13.7 Å². The monoisotopic (exact) mass is 300 g/mol. The summed E-state index contributed by atoms with van der Waals surface area (Å²) in [7, 11) is 1.22. The molecule has 2 atom stereocenters. The lowest BCUT2D eigenvalue weighted by molar-refractivity contribution is -0.149. The van der Waals surface area contributed by atoms with Gasteiger partial charge in [-0.05, 0) is 17.8 Å². The number of aliphatic carboxylic acids is 1. The predicted octanol–water partition coefficient (Wildman–Crippen LogP) is 1.08. The third kappa shape index (κ3) is 4.09. The molecule has 120 valence electrons. The number of likely N-dealkylation sites (tertiary alicyclic amines) is 1. The van der Waals surface area contributed by atoms with Crippen LogP contribution in [0.5, 0.6) is 0 Å². The highest BCUT2D eigenvalue weighted by Crippen LogP contribution is 2.34.